The Balaban J connectivity index is 2.73. The van der Waals surface area contributed by atoms with Crippen LogP contribution in [0.25, 0.3) is 0 Å². The summed E-state index contributed by atoms with van der Waals surface area (Å²) in [4.78, 5) is 13.9. The minimum absolute atomic E-state index is 0.0689. The van der Waals surface area contributed by atoms with Gasteiger partial charge in [-0.25, -0.2) is 4.98 Å². The Kier molecular flexibility index (Phi) is 3.05. The molecule has 0 aromatic carbocycles. The molecule has 78 valence electrons. The Morgan fingerprint density at radius 2 is 2.36 bits per heavy atom. The summed E-state index contributed by atoms with van der Waals surface area (Å²) in [6.07, 6.45) is 2.21. The van der Waals surface area contributed by atoms with Crippen LogP contribution >= 0.6 is 11.3 Å². The number of aromatic nitrogens is 1. The maximum absolute atomic E-state index is 10.4. The molecule has 0 atom stereocenters. The molecule has 1 N–H and O–H groups in total. The van der Waals surface area contributed by atoms with Gasteiger partial charge in [0.2, 0.25) is 0 Å². The molecular weight excluding hydrogens is 202 g/mol. The lowest BCUT2D eigenvalue weighted by Crippen LogP contribution is -2.29. The lowest BCUT2D eigenvalue weighted by atomic mass is 10.0. The third kappa shape index (κ3) is 2.66. The van der Waals surface area contributed by atoms with E-state index in [0.717, 1.165) is 17.8 Å². The van der Waals surface area contributed by atoms with Gasteiger partial charge in [-0.1, -0.05) is 6.92 Å². The second kappa shape index (κ2) is 3.91. The quantitative estimate of drug-likeness (QED) is 0.619. The maximum Gasteiger partial charge on any atom is 0.345 e. The molecule has 0 unspecified atom stereocenters. The molecule has 0 fully saturated rings. The van der Waals surface area contributed by atoms with Crippen molar-refractivity contribution in [3.63, 3.8) is 0 Å². The molecule has 1 aromatic heterocycles. The smallest absolute Gasteiger partial charge is 0.345 e. The number of nitrogens with zero attached hydrogens (tertiary/aromatic N) is 2. The molecule has 0 saturated heterocycles. The van der Waals surface area contributed by atoms with Gasteiger partial charge in [-0.2, -0.15) is 0 Å². The SMILES string of the molecule is CCC(C)(C)Nc1ncc([N+](=O)[O-])s1. The summed E-state index contributed by atoms with van der Waals surface area (Å²) in [6.45, 7) is 6.11. The van der Waals surface area contributed by atoms with Crippen molar-refractivity contribution in [2.75, 3.05) is 5.32 Å². The van der Waals surface area contributed by atoms with E-state index in [-0.39, 0.29) is 10.5 Å². The van der Waals surface area contributed by atoms with Crippen LogP contribution < -0.4 is 5.32 Å². The first-order valence-electron chi connectivity index (χ1n) is 4.33. The average Bonchev–Trinajstić information content (AvgIpc) is 2.52. The highest BCUT2D eigenvalue weighted by Crippen LogP contribution is 2.27. The molecule has 1 rings (SSSR count). The summed E-state index contributed by atoms with van der Waals surface area (Å²) < 4.78 is 0. The van der Waals surface area contributed by atoms with Gasteiger partial charge in [0.1, 0.15) is 6.20 Å². The third-order valence-electron chi connectivity index (χ3n) is 2.00. The molecule has 0 amide bonds. The number of rotatable bonds is 4. The van der Waals surface area contributed by atoms with Crippen LogP contribution in [0.15, 0.2) is 6.20 Å². The number of hydrogen-bond acceptors (Lipinski definition) is 5. The van der Waals surface area contributed by atoms with E-state index in [0.29, 0.717) is 5.13 Å². The molecule has 0 aliphatic carbocycles. The van der Waals surface area contributed by atoms with Crippen molar-refractivity contribution in [1.29, 1.82) is 0 Å². The summed E-state index contributed by atoms with van der Waals surface area (Å²) in [5.41, 5.74) is -0.0777. The number of anilines is 1. The highest BCUT2D eigenvalue weighted by Gasteiger charge is 2.18. The fourth-order valence-electron chi connectivity index (χ4n) is 0.786. The zero-order valence-corrected chi connectivity index (χ0v) is 9.22. The van der Waals surface area contributed by atoms with Gasteiger partial charge in [0.25, 0.3) is 0 Å². The van der Waals surface area contributed by atoms with E-state index in [9.17, 15) is 10.1 Å². The molecule has 1 heterocycles. The molecule has 0 bridgehead atoms. The van der Waals surface area contributed by atoms with Gasteiger partial charge in [-0.3, -0.25) is 10.1 Å². The Morgan fingerprint density at radius 3 is 2.79 bits per heavy atom. The molecule has 1 aromatic rings. The number of nitro groups is 1. The van der Waals surface area contributed by atoms with Gasteiger partial charge < -0.3 is 5.32 Å². The monoisotopic (exact) mass is 215 g/mol. The van der Waals surface area contributed by atoms with E-state index in [4.69, 9.17) is 0 Å². The molecule has 0 aliphatic heterocycles. The van der Waals surface area contributed by atoms with Gasteiger partial charge in [-0.05, 0) is 31.6 Å². The fraction of sp³-hybridized carbons (Fsp3) is 0.625. The Bertz CT molecular complexity index is 335. The van der Waals surface area contributed by atoms with E-state index in [1.807, 2.05) is 13.8 Å². The third-order valence-corrected chi connectivity index (χ3v) is 2.87. The molecule has 0 spiro atoms. The molecule has 5 nitrogen and oxygen atoms in total. The second-order valence-corrected chi connectivity index (χ2v) is 4.63. The van der Waals surface area contributed by atoms with Crippen molar-refractivity contribution >= 4 is 21.5 Å². The highest BCUT2D eigenvalue weighted by atomic mass is 32.1. The normalized spacial score (nSPS) is 11.4. The van der Waals surface area contributed by atoms with Crippen LogP contribution in [0.3, 0.4) is 0 Å². The van der Waals surface area contributed by atoms with Gasteiger partial charge in [0, 0.05) is 5.54 Å². The standard InChI is InChI=1S/C8H13N3O2S/c1-4-8(2,3)10-7-9-5-6(14-7)11(12)13/h5H,4H2,1-3H3,(H,9,10). The number of thiazole rings is 1. The first-order valence-corrected chi connectivity index (χ1v) is 5.14. The predicted molar refractivity (Wildman–Crippen MR) is 56.8 cm³/mol. The minimum Gasteiger partial charge on any atom is -0.356 e. The van der Waals surface area contributed by atoms with Crippen molar-refractivity contribution in [1.82, 2.24) is 4.98 Å². The first-order chi connectivity index (χ1) is 6.44. The number of hydrogen-bond donors (Lipinski definition) is 1. The summed E-state index contributed by atoms with van der Waals surface area (Å²) in [6, 6.07) is 0. The maximum atomic E-state index is 10.4. The zero-order chi connectivity index (χ0) is 10.8. The van der Waals surface area contributed by atoms with E-state index < -0.39 is 4.92 Å². The van der Waals surface area contributed by atoms with Crippen molar-refractivity contribution in [3.05, 3.63) is 16.3 Å². The van der Waals surface area contributed by atoms with Crippen molar-refractivity contribution in [2.45, 2.75) is 32.7 Å². The van der Waals surface area contributed by atoms with Crippen LogP contribution in [0.4, 0.5) is 10.1 Å². The van der Waals surface area contributed by atoms with E-state index in [1.54, 1.807) is 0 Å². The first kappa shape index (κ1) is 10.9. The van der Waals surface area contributed by atoms with Gasteiger partial charge in [-0.15, -0.1) is 0 Å². The average molecular weight is 215 g/mol. The van der Waals surface area contributed by atoms with Crippen LogP contribution in [0.2, 0.25) is 0 Å². The van der Waals surface area contributed by atoms with Crippen molar-refractivity contribution in [2.24, 2.45) is 0 Å². The molecule has 0 aliphatic rings. The van der Waals surface area contributed by atoms with Crippen molar-refractivity contribution in [3.8, 4) is 0 Å². The molecule has 6 heteroatoms. The highest BCUT2D eigenvalue weighted by molar-refractivity contribution is 7.18. The molecule has 14 heavy (non-hydrogen) atoms. The zero-order valence-electron chi connectivity index (χ0n) is 8.40. The Morgan fingerprint density at radius 1 is 1.71 bits per heavy atom. The number of nitrogens with one attached hydrogen (secondary N) is 1. The van der Waals surface area contributed by atoms with Crippen LogP contribution in [-0.2, 0) is 0 Å². The van der Waals surface area contributed by atoms with Crippen LogP contribution in [0.5, 0.6) is 0 Å². The van der Waals surface area contributed by atoms with E-state index in [2.05, 4.69) is 17.2 Å². The summed E-state index contributed by atoms with van der Waals surface area (Å²) in [5, 5.41) is 14.2. The van der Waals surface area contributed by atoms with Crippen LogP contribution in [0, 0.1) is 10.1 Å². The van der Waals surface area contributed by atoms with Gasteiger partial charge in [0.05, 0.1) is 4.92 Å². The topological polar surface area (TPSA) is 68.1 Å². The predicted octanol–water partition coefficient (Wildman–Crippen LogP) is 2.65. The van der Waals surface area contributed by atoms with Gasteiger partial charge in [0.15, 0.2) is 5.13 Å². The molecule has 0 radical (unpaired) electrons. The van der Waals surface area contributed by atoms with E-state index in [1.165, 1.54) is 6.20 Å². The summed E-state index contributed by atoms with van der Waals surface area (Å²) in [7, 11) is 0. The lowest BCUT2D eigenvalue weighted by molar-refractivity contribution is -0.380. The van der Waals surface area contributed by atoms with Crippen molar-refractivity contribution < 1.29 is 4.92 Å². The summed E-state index contributed by atoms with van der Waals surface area (Å²) in [5.74, 6) is 0. The largest absolute Gasteiger partial charge is 0.356 e. The fourth-order valence-corrected chi connectivity index (χ4v) is 1.60. The second-order valence-electron chi connectivity index (χ2n) is 3.62. The molecule has 0 saturated carbocycles. The molecular formula is C8H13N3O2S. The minimum atomic E-state index is -0.429. The van der Waals surface area contributed by atoms with Gasteiger partial charge >= 0.3 is 5.00 Å². The Hall–Kier alpha value is -1.17. The lowest BCUT2D eigenvalue weighted by Gasteiger charge is -2.23. The van der Waals surface area contributed by atoms with Crippen LogP contribution in [0.1, 0.15) is 27.2 Å². The van der Waals surface area contributed by atoms with E-state index >= 15 is 0 Å². The Labute approximate surface area is 86.3 Å². The summed E-state index contributed by atoms with van der Waals surface area (Å²) >= 11 is 1.06. The van der Waals surface area contributed by atoms with Crippen LogP contribution in [-0.4, -0.2) is 15.4 Å².